The molecular formula is C25H31FN2O4. The summed E-state index contributed by atoms with van der Waals surface area (Å²) in [4.78, 5) is 14.6. The fourth-order valence-corrected chi connectivity index (χ4v) is 4.92. The Bertz CT molecular complexity index is 942. The van der Waals surface area contributed by atoms with E-state index in [0.717, 1.165) is 41.7 Å². The van der Waals surface area contributed by atoms with E-state index in [-0.39, 0.29) is 23.9 Å². The van der Waals surface area contributed by atoms with Crippen molar-refractivity contribution in [3.63, 3.8) is 0 Å². The first-order valence-electron chi connectivity index (χ1n) is 11.2. The van der Waals surface area contributed by atoms with Gasteiger partial charge in [-0.05, 0) is 48.1 Å². The van der Waals surface area contributed by atoms with E-state index in [1.807, 2.05) is 17.0 Å². The van der Waals surface area contributed by atoms with Crippen molar-refractivity contribution >= 4 is 5.91 Å². The van der Waals surface area contributed by atoms with E-state index in [9.17, 15) is 9.18 Å². The SMILES string of the molecule is COc1ccc2c(c1OC)CC(C1CCN(C(=O)Cc3ccc(F)cc3)CC1)OC2CN. The van der Waals surface area contributed by atoms with E-state index >= 15 is 0 Å². The number of ether oxygens (including phenoxy) is 3. The standard InChI is InChI=1S/C25H31FN2O4/c1-30-21-8-7-19-20(25(21)31-2)14-22(32-23(19)15-27)17-9-11-28(12-10-17)24(29)13-16-3-5-18(26)6-4-16/h3-8,17,22-23H,9-15,27H2,1-2H3. The largest absolute Gasteiger partial charge is 0.493 e. The summed E-state index contributed by atoms with van der Waals surface area (Å²) in [7, 11) is 3.30. The van der Waals surface area contributed by atoms with Crippen LogP contribution in [0.5, 0.6) is 11.5 Å². The van der Waals surface area contributed by atoms with Crippen molar-refractivity contribution in [1.82, 2.24) is 4.90 Å². The second-order valence-electron chi connectivity index (χ2n) is 8.49. The fraction of sp³-hybridized carbons (Fsp3) is 0.480. The van der Waals surface area contributed by atoms with Crippen molar-refractivity contribution in [3.05, 3.63) is 58.9 Å². The summed E-state index contributed by atoms with van der Waals surface area (Å²) in [5.74, 6) is 1.59. The zero-order valence-corrected chi connectivity index (χ0v) is 18.7. The summed E-state index contributed by atoms with van der Waals surface area (Å²) in [6.07, 6.45) is 2.62. The molecule has 32 heavy (non-hydrogen) atoms. The molecule has 0 aromatic heterocycles. The maximum Gasteiger partial charge on any atom is 0.226 e. The van der Waals surface area contributed by atoms with E-state index in [2.05, 4.69) is 0 Å². The number of carbonyl (C=O) groups is 1. The lowest BCUT2D eigenvalue weighted by molar-refractivity contribution is -0.133. The van der Waals surface area contributed by atoms with Gasteiger partial charge >= 0.3 is 0 Å². The van der Waals surface area contributed by atoms with Crippen molar-refractivity contribution in [2.75, 3.05) is 33.9 Å². The average Bonchev–Trinajstić information content (AvgIpc) is 2.83. The number of piperidine rings is 1. The van der Waals surface area contributed by atoms with E-state index in [4.69, 9.17) is 19.9 Å². The van der Waals surface area contributed by atoms with Crippen LogP contribution in [0, 0.1) is 11.7 Å². The minimum absolute atomic E-state index is 0.0198. The molecule has 2 aromatic rings. The highest BCUT2D eigenvalue weighted by atomic mass is 19.1. The molecule has 2 atom stereocenters. The van der Waals surface area contributed by atoms with E-state index < -0.39 is 0 Å². The van der Waals surface area contributed by atoms with Crippen LogP contribution in [0.15, 0.2) is 36.4 Å². The molecule has 0 saturated carbocycles. The Hall–Kier alpha value is -2.64. The lowest BCUT2D eigenvalue weighted by atomic mass is 9.83. The van der Waals surface area contributed by atoms with Gasteiger partial charge in [-0.1, -0.05) is 18.2 Å². The Balaban J connectivity index is 1.41. The van der Waals surface area contributed by atoms with Gasteiger partial charge in [0.05, 0.1) is 32.8 Å². The predicted octanol–water partition coefficient (Wildman–Crippen LogP) is 3.27. The molecule has 6 nitrogen and oxygen atoms in total. The van der Waals surface area contributed by atoms with Crippen molar-refractivity contribution in [3.8, 4) is 11.5 Å². The maximum absolute atomic E-state index is 13.1. The van der Waals surface area contributed by atoms with Gasteiger partial charge in [-0.25, -0.2) is 4.39 Å². The topological polar surface area (TPSA) is 74.0 Å². The molecule has 2 heterocycles. The zero-order chi connectivity index (χ0) is 22.7. The minimum Gasteiger partial charge on any atom is -0.493 e. The lowest BCUT2D eigenvalue weighted by Crippen LogP contribution is -2.44. The zero-order valence-electron chi connectivity index (χ0n) is 18.7. The number of halogens is 1. The van der Waals surface area contributed by atoms with Gasteiger partial charge in [0.2, 0.25) is 5.91 Å². The highest BCUT2D eigenvalue weighted by Crippen LogP contribution is 2.43. The van der Waals surface area contributed by atoms with Crippen LogP contribution in [0.1, 0.15) is 35.6 Å². The van der Waals surface area contributed by atoms with Crippen LogP contribution in [0.3, 0.4) is 0 Å². The molecule has 0 aliphatic carbocycles. The van der Waals surface area contributed by atoms with E-state index in [1.165, 1.54) is 12.1 Å². The number of carbonyl (C=O) groups excluding carboxylic acids is 1. The lowest BCUT2D eigenvalue weighted by Gasteiger charge is -2.40. The molecular weight excluding hydrogens is 411 g/mol. The molecule has 2 aliphatic heterocycles. The number of rotatable bonds is 6. The van der Waals surface area contributed by atoms with Crippen molar-refractivity contribution in [2.45, 2.75) is 37.9 Å². The Morgan fingerprint density at radius 2 is 1.84 bits per heavy atom. The number of likely N-dealkylation sites (tertiary alicyclic amines) is 1. The summed E-state index contributed by atoms with van der Waals surface area (Å²) in [6.45, 7) is 1.79. The molecule has 2 N–H and O–H groups in total. The van der Waals surface area contributed by atoms with Crippen LogP contribution in [-0.4, -0.2) is 50.8 Å². The first-order chi connectivity index (χ1) is 15.5. The van der Waals surface area contributed by atoms with E-state index in [0.29, 0.717) is 37.7 Å². The third-order valence-electron chi connectivity index (χ3n) is 6.68. The van der Waals surface area contributed by atoms with Gasteiger partial charge in [0.1, 0.15) is 5.82 Å². The van der Waals surface area contributed by atoms with E-state index in [1.54, 1.807) is 26.4 Å². The number of benzene rings is 2. The number of hydrogen-bond acceptors (Lipinski definition) is 5. The van der Waals surface area contributed by atoms with Gasteiger partial charge in [-0.15, -0.1) is 0 Å². The normalized spacial score (nSPS) is 21.2. The molecule has 7 heteroatoms. The highest BCUT2D eigenvalue weighted by molar-refractivity contribution is 5.78. The second-order valence-corrected chi connectivity index (χ2v) is 8.49. The smallest absolute Gasteiger partial charge is 0.226 e. The van der Waals surface area contributed by atoms with Gasteiger partial charge in [0, 0.05) is 31.6 Å². The van der Waals surface area contributed by atoms with Crippen LogP contribution < -0.4 is 15.2 Å². The van der Waals surface area contributed by atoms with Gasteiger partial charge in [0.15, 0.2) is 11.5 Å². The van der Waals surface area contributed by atoms with Crippen LogP contribution in [0.4, 0.5) is 4.39 Å². The number of nitrogens with two attached hydrogens (primary N) is 1. The summed E-state index contributed by atoms with van der Waals surface area (Å²) >= 11 is 0. The first-order valence-corrected chi connectivity index (χ1v) is 11.2. The molecule has 172 valence electrons. The first kappa shape index (κ1) is 22.6. The number of amides is 1. The molecule has 0 radical (unpaired) electrons. The minimum atomic E-state index is -0.291. The Morgan fingerprint density at radius 1 is 1.12 bits per heavy atom. The van der Waals surface area contributed by atoms with Crippen LogP contribution in [-0.2, 0) is 22.4 Å². The molecule has 1 saturated heterocycles. The monoisotopic (exact) mass is 442 g/mol. The second kappa shape index (κ2) is 9.88. The number of hydrogen-bond donors (Lipinski definition) is 1. The molecule has 2 unspecified atom stereocenters. The van der Waals surface area contributed by atoms with Gasteiger partial charge in [0.25, 0.3) is 0 Å². The van der Waals surface area contributed by atoms with Gasteiger partial charge < -0.3 is 24.8 Å². The third-order valence-corrected chi connectivity index (χ3v) is 6.68. The average molecular weight is 443 g/mol. The van der Waals surface area contributed by atoms with Crippen LogP contribution in [0.25, 0.3) is 0 Å². The molecule has 2 aliphatic rings. The highest BCUT2D eigenvalue weighted by Gasteiger charge is 2.36. The molecule has 1 amide bonds. The maximum atomic E-state index is 13.1. The Morgan fingerprint density at radius 3 is 2.47 bits per heavy atom. The van der Waals surface area contributed by atoms with Crippen molar-refractivity contribution in [1.29, 1.82) is 0 Å². The fourth-order valence-electron chi connectivity index (χ4n) is 4.92. The summed E-state index contributed by atoms with van der Waals surface area (Å²) in [5.41, 5.74) is 9.04. The summed E-state index contributed by atoms with van der Waals surface area (Å²) < 4.78 is 30.7. The van der Waals surface area contributed by atoms with Crippen LogP contribution in [0.2, 0.25) is 0 Å². The predicted molar refractivity (Wildman–Crippen MR) is 119 cm³/mol. The van der Waals surface area contributed by atoms with Crippen LogP contribution >= 0.6 is 0 Å². The number of methoxy groups -OCH3 is 2. The van der Waals surface area contributed by atoms with Crippen molar-refractivity contribution < 1.29 is 23.4 Å². The third kappa shape index (κ3) is 4.59. The Kier molecular flexibility index (Phi) is 6.96. The quantitative estimate of drug-likeness (QED) is 0.743. The van der Waals surface area contributed by atoms with Crippen molar-refractivity contribution in [2.24, 2.45) is 11.7 Å². The number of fused-ring (bicyclic) bond motifs is 1. The molecule has 1 fully saturated rings. The number of nitrogens with zero attached hydrogens (tertiary/aromatic N) is 1. The molecule has 4 rings (SSSR count). The van der Waals surface area contributed by atoms with Gasteiger partial charge in [-0.3, -0.25) is 4.79 Å². The summed E-state index contributed by atoms with van der Waals surface area (Å²) in [5, 5.41) is 0. The Labute approximate surface area is 188 Å². The molecule has 2 aromatic carbocycles. The molecule has 0 bridgehead atoms. The molecule has 0 spiro atoms. The van der Waals surface area contributed by atoms with Gasteiger partial charge in [-0.2, -0.15) is 0 Å². The summed E-state index contributed by atoms with van der Waals surface area (Å²) in [6, 6.07) is 10.0.